The van der Waals surface area contributed by atoms with Gasteiger partial charge in [-0.25, -0.2) is 14.5 Å². The SMILES string of the molecule is CC(C)Oc1cc2nc(C3CCCCC3)cn2cc1C(=O)Nc1cnn2cccnc12.CN1CCC(c2ccc(OC3CCC(=O)NC3=O)cc2)CC1. The summed E-state index contributed by atoms with van der Waals surface area (Å²) in [5.41, 5.74) is 4.82. The molecule has 1 aromatic carbocycles. The Morgan fingerprint density at radius 1 is 0.981 bits per heavy atom. The maximum atomic E-state index is 13.2. The lowest BCUT2D eigenvalue weighted by molar-refractivity contribution is -0.138. The molecule has 5 aromatic rings. The van der Waals surface area contributed by atoms with Gasteiger partial charge in [-0.05, 0) is 89.3 Å². The van der Waals surface area contributed by atoms with Gasteiger partial charge in [0.2, 0.25) is 5.91 Å². The predicted octanol–water partition coefficient (Wildman–Crippen LogP) is 6.14. The average molecular weight is 721 g/mol. The van der Waals surface area contributed by atoms with E-state index in [9.17, 15) is 14.4 Å². The van der Waals surface area contributed by atoms with E-state index in [1.165, 1.54) is 50.5 Å². The van der Waals surface area contributed by atoms with Crippen LogP contribution in [0, 0.1) is 0 Å². The Morgan fingerprint density at radius 3 is 2.49 bits per heavy atom. The van der Waals surface area contributed by atoms with Gasteiger partial charge in [0.15, 0.2) is 11.8 Å². The number of aromatic nitrogens is 5. The first-order valence-corrected chi connectivity index (χ1v) is 18.8. The number of fused-ring (bicyclic) bond motifs is 2. The first kappa shape index (κ1) is 36.1. The number of pyridine rings is 1. The number of imidazole rings is 1. The molecule has 0 radical (unpaired) electrons. The molecule has 278 valence electrons. The number of carbonyl (C=O) groups is 3. The highest BCUT2D eigenvalue weighted by atomic mass is 16.5. The molecule has 13 heteroatoms. The average Bonchev–Trinajstić information content (AvgIpc) is 3.77. The second-order valence-electron chi connectivity index (χ2n) is 14.6. The summed E-state index contributed by atoms with van der Waals surface area (Å²) in [6.45, 7) is 6.17. The number of hydrogen-bond acceptors (Lipinski definition) is 9. The van der Waals surface area contributed by atoms with Crippen molar-refractivity contribution in [1.29, 1.82) is 0 Å². The fourth-order valence-corrected chi connectivity index (χ4v) is 7.37. The largest absolute Gasteiger partial charge is 0.490 e. The van der Waals surface area contributed by atoms with Crippen molar-refractivity contribution in [2.24, 2.45) is 0 Å². The van der Waals surface area contributed by atoms with Crippen LogP contribution >= 0.6 is 0 Å². The highest BCUT2D eigenvalue weighted by molar-refractivity contribution is 6.07. The molecule has 53 heavy (non-hydrogen) atoms. The van der Waals surface area contributed by atoms with Gasteiger partial charge < -0.3 is 24.1 Å². The molecule has 2 N–H and O–H groups in total. The van der Waals surface area contributed by atoms with Gasteiger partial charge in [0.05, 0.1) is 23.6 Å². The van der Waals surface area contributed by atoms with Crippen LogP contribution in [0.1, 0.15) is 105 Å². The standard InChI is InChI=1S/C23H26N6O2.C17H22N2O3/c1-15(2)31-20-11-21-26-19(16-7-4-3-5-8-16)14-28(21)13-17(20)23(30)27-18-12-25-29-10-6-9-24-22(18)29;1-19-10-8-13(9-11-19)12-2-4-14(5-3-12)22-15-6-7-16(20)18-17(15)21/h6,9-16H,3-5,7-8H2,1-2H3,(H,27,30);2-5,13,15H,6-11H2,1H3,(H,18,20,21). The summed E-state index contributed by atoms with van der Waals surface area (Å²) in [7, 11) is 2.16. The summed E-state index contributed by atoms with van der Waals surface area (Å²) in [5.74, 6) is 1.48. The van der Waals surface area contributed by atoms with Gasteiger partial charge in [-0.1, -0.05) is 31.4 Å². The first-order chi connectivity index (χ1) is 25.7. The number of carbonyl (C=O) groups excluding carboxylic acids is 3. The lowest BCUT2D eigenvalue weighted by Crippen LogP contribution is -2.46. The molecular weight excluding hydrogens is 672 g/mol. The molecule has 1 saturated carbocycles. The smallest absolute Gasteiger partial charge is 0.267 e. The Bertz CT molecular complexity index is 2060. The Kier molecular flexibility index (Phi) is 11.0. The Morgan fingerprint density at radius 2 is 1.75 bits per heavy atom. The number of rotatable bonds is 8. The van der Waals surface area contributed by atoms with Crippen LogP contribution in [-0.2, 0) is 9.59 Å². The van der Waals surface area contributed by atoms with Gasteiger partial charge in [-0.3, -0.25) is 19.7 Å². The van der Waals surface area contributed by atoms with Crippen LogP contribution in [0.2, 0.25) is 0 Å². The van der Waals surface area contributed by atoms with E-state index in [1.54, 1.807) is 35.4 Å². The lowest BCUT2D eigenvalue weighted by Gasteiger charge is -2.29. The fraction of sp³-hybridized carbons (Fsp3) is 0.450. The summed E-state index contributed by atoms with van der Waals surface area (Å²) in [6, 6.07) is 11.7. The number of imide groups is 1. The molecule has 13 nitrogen and oxygen atoms in total. The maximum absolute atomic E-state index is 13.2. The van der Waals surface area contributed by atoms with Crippen LogP contribution in [0.15, 0.2) is 67.4 Å². The molecule has 6 heterocycles. The Balaban J connectivity index is 0.000000174. The third-order valence-electron chi connectivity index (χ3n) is 10.3. The second-order valence-corrected chi connectivity index (χ2v) is 14.6. The first-order valence-electron chi connectivity index (χ1n) is 18.8. The number of hydrogen-bond donors (Lipinski definition) is 2. The molecule has 1 aliphatic carbocycles. The van der Waals surface area contributed by atoms with Crippen molar-refractivity contribution in [2.75, 3.05) is 25.5 Å². The van der Waals surface area contributed by atoms with Crippen molar-refractivity contribution in [3.05, 3.63) is 84.2 Å². The van der Waals surface area contributed by atoms with E-state index in [2.05, 4.69) is 51.0 Å². The van der Waals surface area contributed by atoms with Crippen LogP contribution in [-0.4, -0.2) is 78.9 Å². The van der Waals surface area contributed by atoms with Crippen LogP contribution in [0.4, 0.5) is 5.69 Å². The molecule has 3 amide bonds. The minimum Gasteiger partial charge on any atom is -0.490 e. The van der Waals surface area contributed by atoms with Gasteiger partial charge in [-0.15, -0.1) is 0 Å². The summed E-state index contributed by atoms with van der Waals surface area (Å²) in [6.07, 6.45) is 17.6. The molecule has 0 bridgehead atoms. The van der Waals surface area contributed by atoms with E-state index in [0.29, 0.717) is 53.1 Å². The molecule has 1 unspecified atom stereocenters. The highest BCUT2D eigenvalue weighted by Gasteiger charge is 2.28. The number of likely N-dealkylation sites (tertiary alicyclic amines) is 1. The summed E-state index contributed by atoms with van der Waals surface area (Å²) >= 11 is 0. The van der Waals surface area contributed by atoms with Crippen molar-refractivity contribution in [2.45, 2.75) is 95.7 Å². The third-order valence-corrected chi connectivity index (χ3v) is 10.3. The van der Waals surface area contributed by atoms with Gasteiger partial charge in [0.25, 0.3) is 11.8 Å². The van der Waals surface area contributed by atoms with Gasteiger partial charge in [-0.2, -0.15) is 5.10 Å². The van der Waals surface area contributed by atoms with Crippen molar-refractivity contribution in [1.82, 2.24) is 34.2 Å². The maximum Gasteiger partial charge on any atom is 0.267 e. The zero-order chi connectivity index (χ0) is 36.9. The van der Waals surface area contributed by atoms with Crippen molar-refractivity contribution in [3.8, 4) is 11.5 Å². The van der Waals surface area contributed by atoms with E-state index in [-0.39, 0.29) is 23.8 Å². The zero-order valence-corrected chi connectivity index (χ0v) is 30.7. The quantitative estimate of drug-likeness (QED) is 0.181. The Hall–Kier alpha value is -5.30. The molecular formula is C40H48N8O5. The highest BCUT2D eigenvalue weighted by Crippen LogP contribution is 2.34. The van der Waals surface area contributed by atoms with Gasteiger partial charge >= 0.3 is 0 Å². The molecule has 2 saturated heterocycles. The number of amides is 3. The van der Waals surface area contributed by atoms with E-state index in [4.69, 9.17) is 14.5 Å². The van der Waals surface area contributed by atoms with E-state index >= 15 is 0 Å². The summed E-state index contributed by atoms with van der Waals surface area (Å²) in [4.78, 5) is 47.5. The normalized spacial score (nSPS) is 18.8. The topological polar surface area (TPSA) is 144 Å². The van der Waals surface area contributed by atoms with Crippen LogP contribution < -0.4 is 20.1 Å². The van der Waals surface area contributed by atoms with E-state index in [0.717, 1.165) is 24.4 Å². The van der Waals surface area contributed by atoms with Crippen LogP contribution in [0.5, 0.6) is 11.5 Å². The fourth-order valence-electron chi connectivity index (χ4n) is 7.37. The third kappa shape index (κ3) is 8.68. The number of piperidine rings is 2. The summed E-state index contributed by atoms with van der Waals surface area (Å²) < 4.78 is 15.2. The van der Waals surface area contributed by atoms with Gasteiger partial charge in [0.1, 0.15) is 22.8 Å². The van der Waals surface area contributed by atoms with E-state index < -0.39 is 6.10 Å². The van der Waals surface area contributed by atoms with Crippen molar-refractivity contribution >= 4 is 34.7 Å². The molecule has 8 rings (SSSR count). The summed E-state index contributed by atoms with van der Waals surface area (Å²) in [5, 5.41) is 9.47. The zero-order valence-electron chi connectivity index (χ0n) is 30.7. The van der Waals surface area contributed by atoms with Gasteiger partial charge in [0, 0.05) is 49.6 Å². The second kappa shape index (κ2) is 16.2. The monoisotopic (exact) mass is 720 g/mol. The Labute approximate surface area is 309 Å². The molecule has 3 aliphatic rings. The number of benzene rings is 1. The molecule has 2 aliphatic heterocycles. The molecule has 4 aromatic heterocycles. The molecule has 0 spiro atoms. The molecule has 1 atom stereocenters. The lowest BCUT2D eigenvalue weighted by atomic mass is 9.87. The van der Waals surface area contributed by atoms with Crippen molar-refractivity contribution < 1.29 is 23.9 Å². The number of anilines is 1. The van der Waals surface area contributed by atoms with Crippen molar-refractivity contribution in [3.63, 3.8) is 0 Å². The number of nitrogens with one attached hydrogen (secondary N) is 2. The molecule has 3 fully saturated rings. The van der Waals surface area contributed by atoms with E-state index in [1.807, 2.05) is 36.4 Å². The minimum atomic E-state index is -0.563. The van der Waals surface area contributed by atoms with Crippen LogP contribution in [0.3, 0.4) is 0 Å². The number of ether oxygens (including phenoxy) is 2. The predicted molar refractivity (Wildman–Crippen MR) is 200 cm³/mol. The number of nitrogens with zero attached hydrogens (tertiary/aromatic N) is 6. The minimum absolute atomic E-state index is 0.0691. The van der Waals surface area contributed by atoms with Crippen LogP contribution in [0.25, 0.3) is 11.3 Å².